The van der Waals surface area contributed by atoms with Crippen LogP contribution in [0, 0.1) is 0 Å². The molecular weight excluding hydrogens is 206 g/mol. The SMILES string of the molecule is C=C(C)CN(C)c1cnc(C(=O)OC)cn1. The predicted octanol–water partition coefficient (Wildman–Crippen LogP) is 1.28. The summed E-state index contributed by atoms with van der Waals surface area (Å²) in [5.41, 5.74) is 1.23. The van der Waals surface area contributed by atoms with Crippen molar-refractivity contribution in [1.82, 2.24) is 9.97 Å². The van der Waals surface area contributed by atoms with E-state index in [9.17, 15) is 4.79 Å². The first-order valence-electron chi connectivity index (χ1n) is 4.80. The van der Waals surface area contributed by atoms with Gasteiger partial charge in [-0.25, -0.2) is 14.8 Å². The molecule has 1 aromatic heterocycles. The van der Waals surface area contributed by atoms with E-state index >= 15 is 0 Å². The number of hydrogen-bond acceptors (Lipinski definition) is 5. The fourth-order valence-corrected chi connectivity index (χ4v) is 1.21. The summed E-state index contributed by atoms with van der Waals surface area (Å²) in [4.78, 5) is 21.1. The Labute approximate surface area is 94.8 Å². The number of nitrogens with zero attached hydrogens (tertiary/aromatic N) is 3. The van der Waals surface area contributed by atoms with Crippen LogP contribution in [-0.4, -0.2) is 36.6 Å². The van der Waals surface area contributed by atoms with Crippen LogP contribution in [0.5, 0.6) is 0 Å². The number of methoxy groups -OCH3 is 1. The molecule has 0 saturated heterocycles. The molecule has 0 bridgehead atoms. The second-order valence-electron chi connectivity index (χ2n) is 3.56. The maximum atomic E-state index is 11.1. The van der Waals surface area contributed by atoms with E-state index in [2.05, 4.69) is 21.3 Å². The molecule has 0 aliphatic heterocycles. The summed E-state index contributed by atoms with van der Waals surface area (Å²) < 4.78 is 4.53. The van der Waals surface area contributed by atoms with E-state index in [4.69, 9.17) is 0 Å². The summed E-state index contributed by atoms with van der Waals surface area (Å²) in [5, 5.41) is 0. The van der Waals surface area contributed by atoms with Gasteiger partial charge in [0.2, 0.25) is 0 Å². The Morgan fingerprint density at radius 3 is 2.62 bits per heavy atom. The van der Waals surface area contributed by atoms with Crippen molar-refractivity contribution in [2.24, 2.45) is 0 Å². The van der Waals surface area contributed by atoms with E-state index in [0.29, 0.717) is 12.4 Å². The summed E-state index contributed by atoms with van der Waals surface area (Å²) in [7, 11) is 3.20. The van der Waals surface area contributed by atoms with Gasteiger partial charge in [-0.3, -0.25) is 0 Å². The lowest BCUT2D eigenvalue weighted by Gasteiger charge is -2.17. The molecule has 0 unspecified atom stereocenters. The van der Waals surface area contributed by atoms with Gasteiger partial charge < -0.3 is 9.64 Å². The third kappa shape index (κ3) is 3.05. The van der Waals surface area contributed by atoms with Gasteiger partial charge in [0.1, 0.15) is 5.82 Å². The number of anilines is 1. The van der Waals surface area contributed by atoms with Crippen LogP contribution in [-0.2, 0) is 4.74 Å². The van der Waals surface area contributed by atoms with Crippen molar-refractivity contribution in [1.29, 1.82) is 0 Å². The van der Waals surface area contributed by atoms with E-state index in [1.807, 2.05) is 18.9 Å². The smallest absolute Gasteiger partial charge is 0.358 e. The summed E-state index contributed by atoms with van der Waals surface area (Å²) in [6.45, 7) is 6.45. The van der Waals surface area contributed by atoms with Crippen LogP contribution < -0.4 is 4.90 Å². The summed E-state index contributed by atoms with van der Waals surface area (Å²) in [6, 6.07) is 0. The lowest BCUT2D eigenvalue weighted by molar-refractivity contribution is 0.0593. The molecule has 16 heavy (non-hydrogen) atoms. The molecule has 0 aromatic carbocycles. The van der Waals surface area contributed by atoms with Crippen LogP contribution in [0.25, 0.3) is 0 Å². The summed E-state index contributed by atoms with van der Waals surface area (Å²) in [6.07, 6.45) is 2.94. The average molecular weight is 221 g/mol. The minimum atomic E-state index is -0.485. The molecule has 1 aromatic rings. The van der Waals surface area contributed by atoms with Crippen molar-refractivity contribution in [2.45, 2.75) is 6.92 Å². The van der Waals surface area contributed by atoms with Crippen LogP contribution in [0.15, 0.2) is 24.5 Å². The van der Waals surface area contributed by atoms with E-state index in [0.717, 1.165) is 5.57 Å². The zero-order chi connectivity index (χ0) is 12.1. The van der Waals surface area contributed by atoms with Gasteiger partial charge in [0.25, 0.3) is 0 Å². The van der Waals surface area contributed by atoms with Gasteiger partial charge in [-0.2, -0.15) is 0 Å². The molecule has 0 atom stereocenters. The molecule has 0 fully saturated rings. The quantitative estimate of drug-likeness (QED) is 0.566. The maximum absolute atomic E-state index is 11.1. The van der Waals surface area contributed by atoms with Crippen LogP contribution >= 0.6 is 0 Å². The first kappa shape index (κ1) is 12.2. The minimum absolute atomic E-state index is 0.204. The second-order valence-corrected chi connectivity index (χ2v) is 3.56. The van der Waals surface area contributed by atoms with Crippen molar-refractivity contribution in [3.8, 4) is 0 Å². The van der Waals surface area contributed by atoms with Gasteiger partial charge in [0, 0.05) is 13.6 Å². The van der Waals surface area contributed by atoms with Gasteiger partial charge in [0.15, 0.2) is 5.69 Å². The number of ether oxygens (including phenoxy) is 1. The molecular formula is C11H15N3O2. The van der Waals surface area contributed by atoms with Gasteiger partial charge in [-0.1, -0.05) is 12.2 Å². The van der Waals surface area contributed by atoms with Crippen molar-refractivity contribution >= 4 is 11.8 Å². The standard InChI is InChI=1S/C11H15N3O2/c1-8(2)7-14(3)10-6-12-9(5-13-10)11(15)16-4/h5-6H,1,7H2,2-4H3. The van der Waals surface area contributed by atoms with Gasteiger partial charge in [-0.15, -0.1) is 0 Å². The Kier molecular flexibility index (Phi) is 3.99. The van der Waals surface area contributed by atoms with Crippen LogP contribution in [0.1, 0.15) is 17.4 Å². The Morgan fingerprint density at radius 1 is 1.50 bits per heavy atom. The van der Waals surface area contributed by atoms with Crippen LogP contribution in [0.2, 0.25) is 0 Å². The van der Waals surface area contributed by atoms with Crippen LogP contribution in [0.3, 0.4) is 0 Å². The molecule has 0 aliphatic rings. The fraction of sp³-hybridized carbons (Fsp3) is 0.364. The first-order chi connectivity index (χ1) is 7.54. The molecule has 86 valence electrons. The van der Waals surface area contributed by atoms with E-state index in [-0.39, 0.29) is 5.69 Å². The molecule has 0 N–H and O–H groups in total. The number of aromatic nitrogens is 2. The Bertz CT molecular complexity index is 387. The summed E-state index contributed by atoms with van der Waals surface area (Å²) in [5.74, 6) is 0.206. The van der Waals surface area contributed by atoms with Gasteiger partial charge >= 0.3 is 5.97 Å². The number of hydrogen-bond donors (Lipinski definition) is 0. The largest absolute Gasteiger partial charge is 0.464 e. The van der Waals surface area contributed by atoms with Crippen molar-refractivity contribution in [3.63, 3.8) is 0 Å². The second kappa shape index (κ2) is 5.25. The minimum Gasteiger partial charge on any atom is -0.464 e. The molecule has 1 heterocycles. The lowest BCUT2D eigenvalue weighted by atomic mass is 10.3. The van der Waals surface area contributed by atoms with Crippen molar-refractivity contribution < 1.29 is 9.53 Å². The third-order valence-corrected chi connectivity index (χ3v) is 1.93. The Morgan fingerprint density at radius 2 is 2.19 bits per heavy atom. The fourth-order valence-electron chi connectivity index (χ4n) is 1.21. The molecule has 0 radical (unpaired) electrons. The average Bonchev–Trinajstić information content (AvgIpc) is 2.27. The number of carbonyl (C=O) groups excluding carboxylic acids is 1. The number of likely N-dealkylation sites (N-methyl/N-ethyl adjacent to an activating group) is 1. The topological polar surface area (TPSA) is 55.3 Å². The zero-order valence-electron chi connectivity index (χ0n) is 9.73. The van der Waals surface area contributed by atoms with E-state index in [1.165, 1.54) is 19.5 Å². The monoisotopic (exact) mass is 221 g/mol. The number of carbonyl (C=O) groups is 1. The number of rotatable bonds is 4. The zero-order valence-corrected chi connectivity index (χ0v) is 9.73. The maximum Gasteiger partial charge on any atom is 0.358 e. The molecule has 0 spiro atoms. The van der Waals surface area contributed by atoms with Crippen molar-refractivity contribution in [2.75, 3.05) is 25.6 Å². The molecule has 0 amide bonds. The molecule has 1 rings (SSSR count). The summed E-state index contributed by atoms with van der Waals surface area (Å²) >= 11 is 0. The Hall–Kier alpha value is -1.91. The highest BCUT2D eigenvalue weighted by molar-refractivity contribution is 5.86. The lowest BCUT2D eigenvalue weighted by Crippen LogP contribution is -2.20. The predicted molar refractivity (Wildman–Crippen MR) is 61.5 cm³/mol. The van der Waals surface area contributed by atoms with E-state index < -0.39 is 5.97 Å². The van der Waals surface area contributed by atoms with Crippen molar-refractivity contribution in [3.05, 3.63) is 30.2 Å². The van der Waals surface area contributed by atoms with E-state index in [1.54, 1.807) is 0 Å². The first-order valence-corrected chi connectivity index (χ1v) is 4.80. The molecule has 5 heteroatoms. The highest BCUT2D eigenvalue weighted by atomic mass is 16.5. The van der Waals surface area contributed by atoms with Gasteiger partial charge in [0.05, 0.1) is 19.5 Å². The third-order valence-electron chi connectivity index (χ3n) is 1.93. The Balaban J connectivity index is 2.78. The molecule has 5 nitrogen and oxygen atoms in total. The molecule has 0 aliphatic carbocycles. The van der Waals surface area contributed by atoms with Gasteiger partial charge in [-0.05, 0) is 6.92 Å². The normalized spacial score (nSPS) is 9.69. The highest BCUT2D eigenvalue weighted by Gasteiger charge is 2.09. The van der Waals surface area contributed by atoms with Crippen LogP contribution in [0.4, 0.5) is 5.82 Å². The number of esters is 1. The highest BCUT2D eigenvalue weighted by Crippen LogP contribution is 2.08. The molecule has 0 saturated carbocycles.